The fourth-order valence-corrected chi connectivity index (χ4v) is 0.581. The number of benzene rings is 1. The largest absolute Gasteiger partial charge is 4.00 e. The van der Waals surface area contributed by atoms with Crippen LogP contribution in [0.25, 0.3) is 0 Å². The molecule has 0 unspecified atom stereocenters. The molecular weight excluding hydrogens is 306 g/mol. The number of halogens is 4. The predicted molar refractivity (Wildman–Crippen MR) is 33.4 cm³/mol. The predicted octanol–water partition coefficient (Wildman–Crippen LogP) is -10.6. The minimum atomic E-state index is -0.879. The van der Waals surface area contributed by atoms with E-state index in [1.165, 1.54) is 0 Å². The van der Waals surface area contributed by atoms with E-state index in [-0.39, 0.29) is 71.3 Å². The summed E-state index contributed by atoms with van der Waals surface area (Å²) in [6.07, 6.45) is 0. The Morgan fingerprint density at radius 2 is 1.29 bits per heavy atom. The van der Waals surface area contributed by atoms with Crippen LogP contribution in [-0.4, -0.2) is 11.1 Å². The number of aromatic carboxylic acids is 1. The smallest absolute Gasteiger partial charge is 1.00 e. The fourth-order valence-electron chi connectivity index (χ4n) is 0.581. The first-order valence-corrected chi connectivity index (χ1v) is 2.59. The zero-order chi connectivity index (χ0) is 6.69. The maximum Gasteiger partial charge on any atom is 4.00 e. The zero-order valence-corrected chi connectivity index (χ0v) is 11.3. The molecule has 0 amide bonds. The number of carboxylic acids is 1. The van der Waals surface area contributed by atoms with Crippen molar-refractivity contribution in [1.82, 2.24) is 0 Å². The first kappa shape index (κ1) is 29.3. The topological polar surface area (TPSA) is 37.3 Å². The standard InChI is InChI=1S/C7H6O2.4ClH.Ti/c8-7(9)6-4-2-1-3-5-6;;;;;/h1-5H,(H,8,9);4*1H;/q;;;;;+4/p-4. The molecular formula is C7H6Cl4O2Ti. The number of carbonyl (C=O) groups is 1. The fraction of sp³-hybridized carbons (Fsp3) is 0. The second kappa shape index (κ2) is 16.0. The third-order valence-electron chi connectivity index (χ3n) is 1.02. The Bertz CT molecular complexity index is 220. The summed E-state index contributed by atoms with van der Waals surface area (Å²) in [5.74, 6) is -0.879. The number of carboxylic acid groups (broad SMARTS) is 1. The zero-order valence-electron chi connectivity index (χ0n) is 6.75. The van der Waals surface area contributed by atoms with Crippen LogP contribution in [0, 0.1) is 0 Å². The average molecular weight is 312 g/mol. The maximum absolute atomic E-state index is 10.2. The molecule has 14 heavy (non-hydrogen) atoms. The van der Waals surface area contributed by atoms with E-state index in [1.54, 1.807) is 30.3 Å². The second-order valence-electron chi connectivity index (χ2n) is 1.67. The van der Waals surface area contributed by atoms with Gasteiger partial charge in [-0.15, -0.1) is 0 Å². The van der Waals surface area contributed by atoms with Gasteiger partial charge in [-0.05, 0) is 12.1 Å². The third-order valence-corrected chi connectivity index (χ3v) is 1.02. The molecule has 2 nitrogen and oxygen atoms in total. The summed E-state index contributed by atoms with van der Waals surface area (Å²) < 4.78 is 0. The van der Waals surface area contributed by atoms with Gasteiger partial charge in [0.15, 0.2) is 0 Å². The van der Waals surface area contributed by atoms with Gasteiger partial charge in [0, 0.05) is 0 Å². The molecule has 0 aliphatic heterocycles. The van der Waals surface area contributed by atoms with Crippen molar-refractivity contribution in [2.45, 2.75) is 0 Å². The van der Waals surface area contributed by atoms with Crippen LogP contribution in [0.15, 0.2) is 30.3 Å². The summed E-state index contributed by atoms with van der Waals surface area (Å²) in [6, 6.07) is 8.30. The van der Waals surface area contributed by atoms with Crippen LogP contribution in [0.4, 0.5) is 0 Å². The molecule has 78 valence electrons. The van der Waals surface area contributed by atoms with Crippen LogP contribution in [0.5, 0.6) is 0 Å². The summed E-state index contributed by atoms with van der Waals surface area (Å²) in [6.45, 7) is 0. The second-order valence-corrected chi connectivity index (χ2v) is 1.67. The first-order valence-electron chi connectivity index (χ1n) is 2.59. The van der Waals surface area contributed by atoms with Crippen molar-refractivity contribution < 1.29 is 81.2 Å². The van der Waals surface area contributed by atoms with E-state index in [9.17, 15) is 4.79 Å². The molecule has 7 heteroatoms. The third kappa shape index (κ3) is 10.6. The Morgan fingerprint density at radius 1 is 0.929 bits per heavy atom. The van der Waals surface area contributed by atoms with E-state index in [0.29, 0.717) is 5.56 Å². The van der Waals surface area contributed by atoms with Crippen molar-refractivity contribution >= 4 is 5.97 Å². The Labute approximate surface area is 122 Å². The van der Waals surface area contributed by atoms with Crippen LogP contribution in [0.2, 0.25) is 0 Å². The molecule has 0 fully saturated rings. The Balaban J connectivity index is -0.0000000540. The van der Waals surface area contributed by atoms with E-state index in [1.807, 2.05) is 0 Å². The SMILES string of the molecule is O=C(O)c1ccccc1.[Cl-].[Cl-].[Cl-].[Cl-].[Ti+4]. The van der Waals surface area contributed by atoms with Gasteiger partial charge in [0.1, 0.15) is 0 Å². The molecule has 1 aromatic rings. The van der Waals surface area contributed by atoms with E-state index >= 15 is 0 Å². The molecule has 1 aromatic carbocycles. The quantitative estimate of drug-likeness (QED) is 0.523. The number of rotatable bonds is 1. The van der Waals surface area contributed by atoms with Crippen molar-refractivity contribution in [3.63, 3.8) is 0 Å². The minimum Gasteiger partial charge on any atom is -1.00 e. The summed E-state index contributed by atoms with van der Waals surface area (Å²) in [5.41, 5.74) is 0.331. The van der Waals surface area contributed by atoms with Crippen molar-refractivity contribution in [3.8, 4) is 0 Å². The Hall–Kier alpha value is 0.564. The van der Waals surface area contributed by atoms with Crippen molar-refractivity contribution in [2.24, 2.45) is 0 Å². The summed E-state index contributed by atoms with van der Waals surface area (Å²) in [5, 5.41) is 8.38. The minimum absolute atomic E-state index is 0. The van der Waals surface area contributed by atoms with Crippen molar-refractivity contribution in [3.05, 3.63) is 35.9 Å². The van der Waals surface area contributed by atoms with E-state index < -0.39 is 5.97 Å². The van der Waals surface area contributed by atoms with Gasteiger partial charge in [-0.2, -0.15) is 0 Å². The summed E-state index contributed by atoms with van der Waals surface area (Å²) in [4.78, 5) is 10.2. The number of hydrogen-bond acceptors (Lipinski definition) is 1. The van der Waals surface area contributed by atoms with Gasteiger partial charge in [0.25, 0.3) is 0 Å². The van der Waals surface area contributed by atoms with Gasteiger partial charge >= 0.3 is 27.7 Å². The molecule has 0 heterocycles. The molecule has 0 aliphatic carbocycles. The van der Waals surface area contributed by atoms with Crippen molar-refractivity contribution in [1.29, 1.82) is 0 Å². The molecule has 0 saturated carbocycles. The van der Waals surface area contributed by atoms with Gasteiger partial charge in [0.2, 0.25) is 0 Å². The van der Waals surface area contributed by atoms with Crippen LogP contribution in [0.3, 0.4) is 0 Å². The van der Waals surface area contributed by atoms with Crippen LogP contribution in [0.1, 0.15) is 10.4 Å². The molecule has 0 atom stereocenters. The Kier molecular flexibility index (Phi) is 33.5. The average Bonchev–Trinajstić information content (AvgIpc) is 1.90. The molecule has 0 saturated heterocycles. The summed E-state index contributed by atoms with van der Waals surface area (Å²) in [7, 11) is 0. The van der Waals surface area contributed by atoms with Gasteiger partial charge < -0.3 is 54.7 Å². The van der Waals surface area contributed by atoms with Crippen LogP contribution < -0.4 is 49.6 Å². The summed E-state index contributed by atoms with van der Waals surface area (Å²) >= 11 is 0. The molecule has 1 rings (SSSR count). The Morgan fingerprint density at radius 3 is 1.50 bits per heavy atom. The normalized spacial score (nSPS) is 5.71. The van der Waals surface area contributed by atoms with Gasteiger partial charge in [-0.1, -0.05) is 18.2 Å². The number of hydrogen-bond donors (Lipinski definition) is 1. The van der Waals surface area contributed by atoms with E-state index in [4.69, 9.17) is 5.11 Å². The van der Waals surface area contributed by atoms with E-state index in [2.05, 4.69) is 0 Å². The maximum atomic E-state index is 10.2. The van der Waals surface area contributed by atoms with E-state index in [0.717, 1.165) is 0 Å². The van der Waals surface area contributed by atoms with Crippen LogP contribution >= 0.6 is 0 Å². The molecule has 0 aromatic heterocycles. The van der Waals surface area contributed by atoms with Gasteiger partial charge in [-0.25, -0.2) is 4.79 Å². The molecule has 0 spiro atoms. The van der Waals surface area contributed by atoms with Gasteiger partial charge in [0.05, 0.1) is 5.56 Å². The van der Waals surface area contributed by atoms with Crippen LogP contribution in [-0.2, 0) is 21.7 Å². The first-order chi connectivity index (χ1) is 4.30. The molecule has 0 bridgehead atoms. The molecule has 1 N–H and O–H groups in total. The van der Waals surface area contributed by atoms with Crippen molar-refractivity contribution in [2.75, 3.05) is 0 Å². The molecule has 0 radical (unpaired) electrons. The molecule has 0 aliphatic rings. The monoisotopic (exact) mass is 310 g/mol. The van der Waals surface area contributed by atoms with Gasteiger partial charge in [-0.3, -0.25) is 0 Å².